The maximum atomic E-state index is 13.2. The molecule has 27 heavy (non-hydrogen) atoms. The lowest BCUT2D eigenvalue weighted by molar-refractivity contribution is 0.124. The van der Waals surface area contributed by atoms with E-state index in [-0.39, 0.29) is 6.10 Å². The van der Waals surface area contributed by atoms with Gasteiger partial charge in [0.25, 0.3) is 0 Å². The van der Waals surface area contributed by atoms with Crippen LogP contribution in [0.5, 0.6) is 5.88 Å². The third-order valence-electron chi connectivity index (χ3n) is 5.34. The van der Waals surface area contributed by atoms with E-state index in [0.29, 0.717) is 29.7 Å². The molecule has 4 rings (SSSR count). The van der Waals surface area contributed by atoms with Crippen LogP contribution in [0, 0.1) is 6.92 Å². The molecule has 1 aromatic carbocycles. The largest absolute Gasteiger partial charge is 0.473 e. The van der Waals surface area contributed by atoms with Crippen LogP contribution in [0.2, 0.25) is 0 Å². The van der Waals surface area contributed by atoms with E-state index in [2.05, 4.69) is 9.97 Å². The second kappa shape index (κ2) is 7.56. The van der Waals surface area contributed by atoms with Crippen molar-refractivity contribution in [2.45, 2.75) is 56.4 Å². The molecule has 7 heteroatoms. The van der Waals surface area contributed by atoms with Crippen molar-refractivity contribution in [1.82, 2.24) is 14.3 Å². The highest BCUT2D eigenvalue weighted by Gasteiger charge is 2.32. The minimum absolute atomic E-state index is 0.194. The molecule has 2 heterocycles. The summed E-state index contributed by atoms with van der Waals surface area (Å²) in [6.45, 7) is 2.69. The SMILES string of the molecule is Cc1nccc(OC2CCCN(S(=O)(=O)c3ccc4c(c3)CCCC4)C2)n1. The van der Waals surface area contributed by atoms with Gasteiger partial charge in [0.15, 0.2) is 0 Å². The van der Waals surface area contributed by atoms with Crippen LogP contribution in [0.15, 0.2) is 35.4 Å². The van der Waals surface area contributed by atoms with Gasteiger partial charge in [-0.2, -0.15) is 9.29 Å². The molecule has 1 saturated heterocycles. The van der Waals surface area contributed by atoms with Crippen molar-refractivity contribution in [3.63, 3.8) is 0 Å². The van der Waals surface area contributed by atoms with E-state index < -0.39 is 10.0 Å². The third-order valence-corrected chi connectivity index (χ3v) is 7.20. The number of ether oxygens (including phenoxy) is 1. The number of piperidine rings is 1. The topological polar surface area (TPSA) is 72.4 Å². The summed E-state index contributed by atoms with van der Waals surface area (Å²) in [6, 6.07) is 7.34. The van der Waals surface area contributed by atoms with Crippen LogP contribution >= 0.6 is 0 Å². The molecule has 0 radical (unpaired) electrons. The molecule has 2 aromatic rings. The van der Waals surface area contributed by atoms with Crippen molar-refractivity contribution >= 4 is 10.0 Å². The summed E-state index contributed by atoms with van der Waals surface area (Å²) < 4.78 is 33.8. The smallest absolute Gasteiger partial charge is 0.243 e. The van der Waals surface area contributed by atoms with Gasteiger partial charge in [0.2, 0.25) is 15.9 Å². The number of rotatable bonds is 4. The van der Waals surface area contributed by atoms with Gasteiger partial charge in [0, 0.05) is 18.8 Å². The van der Waals surface area contributed by atoms with E-state index in [9.17, 15) is 8.42 Å². The van der Waals surface area contributed by atoms with Gasteiger partial charge in [0.05, 0.1) is 11.4 Å². The number of nitrogens with zero attached hydrogens (tertiary/aromatic N) is 3. The molecule has 1 aliphatic heterocycles. The third kappa shape index (κ3) is 3.99. The molecule has 1 fully saturated rings. The normalized spacial score (nSPS) is 20.9. The molecule has 1 unspecified atom stereocenters. The lowest BCUT2D eigenvalue weighted by atomic mass is 9.92. The highest BCUT2D eigenvalue weighted by molar-refractivity contribution is 7.89. The van der Waals surface area contributed by atoms with Crippen LogP contribution in [0.4, 0.5) is 0 Å². The zero-order valence-electron chi connectivity index (χ0n) is 15.6. The lowest BCUT2D eigenvalue weighted by Crippen LogP contribution is -2.44. The molecular weight excluding hydrogens is 362 g/mol. The van der Waals surface area contributed by atoms with Crippen molar-refractivity contribution in [3.05, 3.63) is 47.4 Å². The predicted octanol–water partition coefficient (Wildman–Crippen LogP) is 2.90. The van der Waals surface area contributed by atoms with Crippen molar-refractivity contribution in [3.8, 4) is 5.88 Å². The van der Waals surface area contributed by atoms with Crippen molar-refractivity contribution in [1.29, 1.82) is 0 Å². The summed E-state index contributed by atoms with van der Waals surface area (Å²) >= 11 is 0. The molecule has 0 saturated carbocycles. The average molecular weight is 388 g/mol. The first-order valence-electron chi connectivity index (χ1n) is 9.60. The standard InChI is InChI=1S/C20H25N3O3S/c1-15-21-11-10-20(22-15)26-18-7-4-12-23(14-18)27(24,25)19-9-8-16-5-2-3-6-17(16)13-19/h8-11,13,18H,2-7,12,14H2,1H3. The quantitative estimate of drug-likeness (QED) is 0.807. The lowest BCUT2D eigenvalue weighted by Gasteiger charge is -2.32. The highest BCUT2D eigenvalue weighted by Crippen LogP contribution is 2.27. The zero-order chi connectivity index (χ0) is 18.9. The first-order chi connectivity index (χ1) is 13.0. The van der Waals surface area contributed by atoms with Crippen molar-refractivity contribution < 1.29 is 13.2 Å². The molecule has 0 bridgehead atoms. The Bertz CT molecular complexity index is 930. The first-order valence-corrected chi connectivity index (χ1v) is 11.0. The van der Waals surface area contributed by atoms with Gasteiger partial charge in [-0.1, -0.05) is 6.07 Å². The van der Waals surface area contributed by atoms with Gasteiger partial charge >= 0.3 is 0 Å². The number of aromatic nitrogens is 2. The van der Waals surface area contributed by atoms with Gasteiger partial charge < -0.3 is 4.74 Å². The number of hydrogen-bond acceptors (Lipinski definition) is 5. The van der Waals surface area contributed by atoms with E-state index in [4.69, 9.17) is 4.74 Å². The molecule has 1 aliphatic carbocycles. The molecule has 0 N–H and O–H groups in total. The first kappa shape index (κ1) is 18.4. The summed E-state index contributed by atoms with van der Waals surface area (Å²) in [5, 5.41) is 0. The Hall–Kier alpha value is -1.99. The average Bonchev–Trinajstić information content (AvgIpc) is 2.68. The van der Waals surface area contributed by atoms with E-state index in [1.165, 1.54) is 17.5 Å². The molecular formula is C20H25N3O3S. The van der Waals surface area contributed by atoms with Gasteiger partial charge in [0.1, 0.15) is 11.9 Å². The van der Waals surface area contributed by atoms with E-state index >= 15 is 0 Å². The summed E-state index contributed by atoms with van der Waals surface area (Å²) in [6.07, 6.45) is 7.40. The van der Waals surface area contributed by atoms with Gasteiger partial charge in [-0.15, -0.1) is 0 Å². The molecule has 2 aliphatic rings. The van der Waals surface area contributed by atoms with Gasteiger partial charge in [-0.3, -0.25) is 0 Å². The highest BCUT2D eigenvalue weighted by atomic mass is 32.2. The van der Waals surface area contributed by atoms with Crippen LogP contribution in [-0.4, -0.2) is 41.9 Å². The molecule has 6 nitrogen and oxygen atoms in total. The Morgan fingerprint density at radius 3 is 2.74 bits per heavy atom. The Balaban J connectivity index is 1.51. The zero-order valence-corrected chi connectivity index (χ0v) is 16.4. The van der Waals surface area contributed by atoms with Gasteiger partial charge in [-0.25, -0.2) is 13.4 Å². The minimum Gasteiger partial charge on any atom is -0.473 e. The molecule has 1 aromatic heterocycles. The number of aryl methyl sites for hydroxylation is 3. The Morgan fingerprint density at radius 1 is 1.11 bits per heavy atom. The van der Waals surface area contributed by atoms with Crippen LogP contribution in [0.1, 0.15) is 42.6 Å². The molecule has 1 atom stereocenters. The van der Waals surface area contributed by atoms with Gasteiger partial charge in [-0.05, 0) is 68.7 Å². The van der Waals surface area contributed by atoms with E-state index in [0.717, 1.165) is 32.1 Å². The van der Waals surface area contributed by atoms with Crippen LogP contribution in [0.3, 0.4) is 0 Å². The second-order valence-electron chi connectivity index (χ2n) is 7.32. The summed E-state index contributed by atoms with van der Waals surface area (Å²) in [5.41, 5.74) is 2.47. The summed E-state index contributed by atoms with van der Waals surface area (Å²) in [7, 11) is -3.51. The molecule has 0 spiro atoms. The minimum atomic E-state index is -3.51. The predicted molar refractivity (Wildman–Crippen MR) is 102 cm³/mol. The fraction of sp³-hybridized carbons (Fsp3) is 0.500. The number of sulfonamides is 1. The number of benzene rings is 1. The van der Waals surface area contributed by atoms with E-state index in [1.54, 1.807) is 29.6 Å². The maximum absolute atomic E-state index is 13.2. The molecule has 0 amide bonds. The monoisotopic (exact) mass is 387 g/mol. The number of hydrogen-bond donors (Lipinski definition) is 0. The number of fused-ring (bicyclic) bond motifs is 1. The Labute approximate surface area is 160 Å². The maximum Gasteiger partial charge on any atom is 0.243 e. The Morgan fingerprint density at radius 2 is 1.93 bits per heavy atom. The van der Waals surface area contributed by atoms with Crippen LogP contribution < -0.4 is 4.74 Å². The second-order valence-corrected chi connectivity index (χ2v) is 9.26. The molecule has 144 valence electrons. The van der Waals surface area contributed by atoms with Crippen molar-refractivity contribution in [2.75, 3.05) is 13.1 Å². The summed E-state index contributed by atoms with van der Waals surface area (Å²) in [5.74, 6) is 1.14. The Kier molecular flexibility index (Phi) is 5.14. The summed E-state index contributed by atoms with van der Waals surface area (Å²) in [4.78, 5) is 8.73. The fourth-order valence-corrected chi connectivity index (χ4v) is 5.47. The fourth-order valence-electron chi connectivity index (χ4n) is 3.91. The van der Waals surface area contributed by atoms with Crippen LogP contribution in [0.25, 0.3) is 0 Å². The van der Waals surface area contributed by atoms with Crippen molar-refractivity contribution in [2.24, 2.45) is 0 Å². The van der Waals surface area contributed by atoms with Crippen LogP contribution in [-0.2, 0) is 22.9 Å². The van der Waals surface area contributed by atoms with E-state index in [1.807, 2.05) is 12.1 Å².